The van der Waals surface area contributed by atoms with Crippen LogP contribution in [0, 0.1) is 12.8 Å². The smallest absolute Gasteiger partial charge is 0.414 e. The highest BCUT2D eigenvalue weighted by molar-refractivity contribution is 6.32. The molecule has 0 spiro atoms. The number of piperidine rings is 1. The molecule has 0 amide bonds. The summed E-state index contributed by atoms with van der Waals surface area (Å²) in [7, 11) is 0. The molecule has 1 atom stereocenters. The van der Waals surface area contributed by atoms with Crippen molar-refractivity contribution in [3.63, 3.8) is 0 Å². The molecule has 152 valence electrons. The van der Waals surface area contributed by atoms with E-state index in [4.69, 9.17) is 40.9 Å². The fraction of sp³-hybridized carbons (Fsp3) is 0.579. The maximum Gasteiger partial charge on any atom is 0.414 e. The molecule has 1 saturated heterocycles. The van der Waals surface area contributed by atoms with Gasteiger partial charge >= 0.3 is 11.9 Å². The molecule has 1 aromatic rings. The maximum absolute atomic E-state index is 9.10. The minimum absolute atomic E-state index is 0.541. The van der Waals surface area contributed by atoms with Crippen LogP contribution >= 0.6 is 11.6 Å². The fourth-order valence-corrected chi connectivity index (χ4v) is 3.01. The average Bonchev–Trinajstić information content (AvgIpc) is 2.60. The summed E-state index contributed by atoms with van der Waals surface area (Å²) in [6.07, 6.45) is 2.68. The molecule has 8 heteroatoms. The van der Waals surface area contributed by atoms with Gasteiger partial charge in [-0.25, -0.2) is 9.59 Å². The Labute approximate surface area is 164 Å². The second-order valence-electron chi connectivity index (χ2n) is 6.55. The quantitative estimate of drug-likeness (QED) is 0.535. The highest BCUT2D eigenvalue weighted by Crippen LogP contribution is 2.24. The highest BCUT2D eigenvalue weighted by atomic mass is 35.5. The van der Waals surface area contributed by atoms with Crippen molar-refractivity contribution in [1.82, 2.24) is 4.90 Å². The summed E-state index contributed by atoms with van der Waals surface area (Å²) in [4.78, 5) is 20.7. The lowest BCUT2D eigenvalue weighted by atomic mass is 10.0. The first kappa shape index (κ1) is 23.2. The topological polar surface area (TPSA) is 96.3 Å². The number of carbonyl (C=O) groups is 2. The zero-order valence-corrected chi connectivity index (χ0v) is 16.6. The minimum Gasteiger partial charge on any atom is -0.490 e. The van der Waals surface area contributed by atoms with Crippen LogP contribution < -0.4 is 4.74 Å². The van der Waals surface area contributed by atoms with E-state index >= 15 is 0 Å². The van der Waals surface area contributed by atoms with E-state index in [9.17, 15) is 0 Å². The lowest BCUT2D eigenvalue weighted by Crippen LogP contribution is -2.36. The van der Waals surface area contributed by atoms with Crippen LogP contribution in [0.25, 0.3) is 0 Å². The molecule has 1 aromatic carbocycles. The standard InChI is InChI=1S/C17H26ClNO2.C2H2O4/c1-14-5-6-17(16(18)12-14)21-11-10-20-9-8-19-7-3-4-15(2)13-19;3-1(4)2(5)6/h5-6,12,15H,3-4,7-11,13H2,1-2H3;(H,3,4)(H,5,6). The van der Waals surface area contributed by atoms with E-state index in [-0.39, 0.29) is 0 Å². The van der Waals surface area contributed by atoms with Gasteiger partial charge in [-0.3, -0.25) is 0 Å². The van der Waals surface area contributed by atoms with Gasteiger partial charge in [0, 0.05) is 13.1 Å². The zero-order valence-electron chi connectivity index (χ0n) is 15.8. The molecule has 2 rings (SSSR count). The first-order valence-corrected chi connectivity index (χ1v) is 9.32. The number of halogens is 1. The van der Waals surface area contributed by atoms with E-state index in [0.717, 1.165) is 30.4 Å². The molecule has 27 heavy (non-hydrogen) atoms. The first-order chi connectivity index (χ1) is 12.8. The summed E-state index contributed by atoms with van der Waals surface area (Å²) in [5.74, 6) is -2.09. The molecule has 0 aliphatic carbocycles. The molecular formula is C19H28ClNO6. The molecular weight excluding hydrogens is 374 g/mol. The molecule has 1 heterocycles. The van der Waals surface area contributed by atoms with Crippen LogP contribution in [0.1, 0.15) is 25.3 Å². The Kier molecular flexibility index (Phi) is 10.8. The van der Waals surface area contributed by atoms with Crippen LogP contribution in [-0.4, -0.2) is 66.5 Å². The Hall–Kier alpha value is -1.83. The Morgan fingerprint density at radius 2 is 1.93 bits per heavy atom. The van der Waals surface area contributed by atoms with Gasteiger partial charge in [0.2, 0.25) is 0 Å². The van der Waals surface area contributed by atoms with Gasteiger partial charge in [0.1, 0.15) is 12.4 Å². The third-order valence-corrected chi connectivity index (χ3v) is 4.34. The number of rotatable bonds is 7. The molecule has 0 radical (unpaired) electrons. The molecule has 1 aliphatic rings. The normalized spacial score (nSPS) is 16.9. The van der Waals surface area contributed by atoms with Gasteiger partial charge in [-0.15, -0.1) is 0 Å². The van der Waals surface area contributed by atoms with Crippen molar-refractivity contribution in [2.24, 2.45) is 5.92 Å². The van der Waals surface area contributed by atoms with E-state index in [1.165, 1.54) is 25.9 Å². The van der Waals surface area contributed by atoms with E-state index in [1.54, 1.807) is 0 Å². The third kappa shape index (κ3) is 10.2. The lowest BCUT2D eigenvalue weighted by molar-refractivity contribution is -0.159. The summed E-state index contributed by atoms with van der Waals surface area (Å²) in [5.41, 5.74) is 1.14. The third-order valence-electron chi connectivity index (χ3n) is 4.05. The Balaban J connectivity index is 0.000000527. The van der Waals surface area contributed by atoms with Gasteiger partial charge in [-0.05, 0) is 49.9 Å². The van der Waals surface area contributed by atoms with Gasteiger partial charge in [0.25, 0.3) is 0 Å². The number of likely N-dealkylation sites (tertiary alicyclic amines) is 1. The van der Waals surface area contributed by atoms with Gasteiger partial charge in [-0.1, -0.05) is 24.6 Å². The van der Waals surface area contributed by atoms with Crippen molar-refractivity contribution < 1.29 is 29.3 Å². The molecule has 1 unspecified atom stereocenters. The van der Waals surface area contributed by atoms with Crippen molar-refractivity contribution in [1.29, 1.82) is 0 Å². The number of hydrogen-bond acceptors (Lipinski definition) is 5. The summed E-state index contributed by atoms with van der Waals surface area (Å²) >= 11 is 6.11. The van der Waals surface area contributed by atoms with Gasteiger partial charge < -0.3 is 24.6 Å². The minimum atomic E-state index is -1.82. The van der Waals surface area contributed by atoms with E-state index in [2.05, 4.69) is 11.8 Å². The van der Waals surface area contributed by atoms with Crippen LogP contribution in [0.5, 0.6) is 5.75 Å². The number of hydrogen-bond donors (Lipinski definition) is 2. The molecule has 1 aliphatic heterocycles. The second kappa shape index (κ2) is 12.5. The fourth-order valence-electron chi connectivity index (χ4n) is 2.72. The number of benzene rings is 1. The monoisotopic (exact) mass is 401 g/mol. The van der Waals surface area contributed by atoms with Crippen molar-refractivity contribution in [2.75, 3.05) is 39.5 Å². The van der Waals surface area contributed by atoms with E-state index < -0.39 is 11.9 Å². The predicted molar refractivity (Wildman–Crippen MR) is 103 cm³/mol. The Morgan fingerprint density at radius 1 is 1.22 bits per heavy atom. The predicted octanol–water partition coefficient (Wildman–Crippen LogP) is 2.93. The number of aliphatic carboxylic acids is 2. The molecule has 0 saturated carbocycles. The van der Waals surface area contributed by atoms with Crippen LogP contribution in [-0.2, 0) is 14.3 Å². The Bertz CT molecular complexity index is 598. The number of aryl methyl sites for hydroxylation is 1. The largest absolute Gasteiger partial charge is 0.490 e. The SMILES string of the molecule is Cc1ccc(OCCOCCN2CCCC(C)C2)c(Cl)c1.O=C(O)C(=O)O. The van der Waals surface area contributed by atoms with Gasteiger partial charge in [-0.2, -0.15) is 0 Å². The average molecular weight is 402 g/mol. The molecule has 7 nitrogen and oxygen atoms in total. The van der Waals surface area contributed by atoms with Crippen molar-refractivity contribution in [3.8, 4) is 5.75 Å². The Morgan fingerprint density at radius 3 is 2.52 bits per heavy atom. The number of nitrogens with zero attached hydrogens (tertiary/aromatic N) is 1. The number of carboxylic acids is 2. The number of ether oxygens (including phenoxy) is 2. The van der Waals surface area contributed by atoms with Gasteiger partial charge in [0.05, 0.1) is 18.2 Å². The summed E-state index contributed by atoms with van der Waals surface area (Å²) < 4.78 is 11.3. The lowest BCUT2D eigenvalue weighted by Gasteiger charge is -2.30. The summed E-state index contributed by atoms with van der Waals surface area (Å²) in [6.45, 7) is 9.70. The molecule has 0 bridgehead atoms. The molecule has 0 aromatic heterocycles. The zero-order chi connectivity index (χ0) is 20.2. The van der Waals surface area contributed by atoms with Gasteiger partial charge in [0.15, 0.2) is 0 Å². The van der Waals surface area contributed by atoms with Crippen LogP contribution in [0.3, 0.4) is 0 Å². The maximum atomic E-state index is 9.10. The molecule has 2 N–H and O–H groups in total. The van der Waals surface area contributed by atoms with E-state index in [0.29, 0.717) is 18.2 Å². The summed E-state index contributed by atoms with van der Waals surface area (Å²) in [6, 6.07) is 5.82. The van der Waals surface area contributed by atoms with Crippen molar-refractivity contribution in [2.45, 2.75) is 26.7 Å². The van der Waals surface area contributed by atoms with Crippen LogP contribution in [0.4, 0.5) is 0 Å². The van der Waals surface area contributed by atoms with E-state index in [1.807, 2.05) is 25.1 Å². The first-order valence-electron chi connectivity index (χ1n) is 8.95. The van der Waals surface area contributed by atoms with Crippen LogP contribution in [0.15, 0.2) is 18.2 Å². The number of carboxylic acid groups (broad SMARTS) is 2. The second-order valence-corrected chi connectivity index (χ2v) is 6.96. The van der Waals surface area contributed by atoms with Crippen LogP contribution in [0.2, 0.25) is 5.02 Å². The summed E-state index contributed by atoms with van der Waals surface area (Å²) in [5, 5.41) is 15.4. The van der Waals surface area contributed by atoms with Crippen molar-refractivity contribution >= 4 is 23.5 Å². The molecule has 1 fully saturated rings. The highest BCUT2D eigenvalue weighted by Gasteiger charge is 2.15. The van der Waals surface area contributed by atoms with Crippen molar-refractivity contribution in [3.05, 3.63) is 28.8 Å².